The Morgan fingerprint density at radius 2 is 1.96 bits per heavy atom. The summed E-state index contributed by atoms with van der Waals surface area (Å²) in [5.41, 5.74) is 3.53. The molecule has 0 saturated carbocycles. The second kappa shape index (κ2) is 6.44. The van der Waals surface area contributed by atoms with Gasteiger partial charge in [0.2, 0.25) is 5.91 Å². The number of pyridine rings is 1. The molecule has 3 heterocycles. The summed E-state index contributed by atoms with van der Waals surface area (Å²) in [5, 5.41) is 7.07. The average Bonchev–Trinajstić information content (AvgIpc) is 3.31. The summed E-state index contributed by atoms with van der Waals surface area (Å²) in [7, 11) is 0. The Morgan fingerprint density at radius 1 is 1.15 bits per heavy atom. The van der Waals surface area contributed by atoms with Crippen molar-refractivity contribution in [3.8, 4) is 11.3 Å². The molecule has 0 fully saturated rings. The van der Waals surface area contributed by atoms with Gasteiger partial charge in [0.15, 0.2) is 0 Å². The Bertz CT molecular complexity index is 1050. The Hall–Kier alpha value is -3.48. The van der Waals surface area contributed by atoms with E-state index in [1.807, 2.05) is 60.0 Å². The largest absolute Gasteiger partial charge is 0.308 e. The quantitative estimate of drug-likeness (QED) is 0.616. The third kappa shape index (κ3) is 2.73. The molecule has 3 aromatic heterocycles. The van der Waals surface area contributed by atoms with Crippen molar-refractivity contribution in [1.29, 1.82) is 0 Å². The molecule has 4 aromatic rings. The molecule has 7 heteroatoms. The minimum absolute atomic E-state index is 0.184. The predicted octanol–water partition coefficient (Wildman–Crippen LogP) is 3.10. The molecule has 1 amide bonds. The zero-order chi connectivity index (χ0) is 18.1. The summed E-state index contributed by atoms with van der Waals surface area (Å²) in [5.74, 6) is 0.461. The molecule has 130 valence electrons. The summed E-state index contributed by atoms with van der Waals surface area (Å²) in [6.45, 7) is 3.78. The molecule has 1 N–H and O–H groups in total. The normalized spacial score (nSPS) is 12.2. The second-order valence-electron chi connectivity index (χ2n) is 6.10. The van der Waals surface area contributed by atoms with Crippen LogP contribution in [0.5, 0.6) is 0 Å². The molecule has 0 aliphatic carbocycles. The van der Waals surface area contributed by atoms with E-state index in [-0.39, 0.29) is 5.91 Å². The number of imidazole rings is 1. The first-order chi connectivity index (χ1) is 12.6. The minimum Gasteiger partial charge on any atom is -0.308 e. The second-order valence-corrected chi connectivity index (χ2v) is 6.10. The molecule has 0 aliphatic rings. The van der Waals surface area contributed by atoms with E-state index in [0.717, 1.165) is 22.5 Å². The summed E-state index contributed by atoms with van der Waals surface area (Å²) >= 11 is 0. The van der Waals surface area contributed by atoms with Crippen molar-refractivity contribution in [1.82, 2.24) is 24.1 Å². The Morgan fingerprint density at radius 3 is 2.69 bits per heavy atom. The van der Waals surface area contributed by atoms with Crippen LogP contribution in [-0.2, 0) is 4.79 Å². The number of aromatic nitrogens is 5. The van der Waals surface area contributed by atoms with E-state index in [9.17, 15) is 4.79 Å². The zero-order valence-corrected chi connectivity index (χ0v) is 14.5. The number of nitrogens with one attached hydrogen (secondary N) is 1. The molecule has 4 rings (SSSR count). The van der Waals surface area contributed by atoms with E-state index in [1.54, 1.807) is 6.92 Å². The van der Waals surface area contributed by atoms with Crippen molar-refractivity contribution in [3.63, 3.8) is 0 Å². The van der Waals surface area contributed by atoms with Crippen molar-refractivity contribution in [2.75, 3.05) is 5.32 Å². The summed E-state index contributed by atoms with van der Waals surface area (Å²) in [6, 6.07) is 13.3. The number of fused-ring (bicyclic) bond motifs is 1. The zero-order valence-electron chi connectivity index (χ0n) is 14.5. The molecule has 0 radical (unpaired) electrons. The highest BCUT2D eigenvalue weighted by Crippen LogP contribution is 2.30. The molecule has 0 aliphatic heterocycles. The monoisotopic (exact) mass is 346 g/mol. The first-order valence-corrected chi connectivity index (χ1v) is 8.33. The first-order valence-electron chi connectivity index (χ1n) is 8.33. The average molecular weight is 346 g/mol. The van der Waals surface area contributed by atoms with E-state index in [1.165, 1.54) is 17.3 Å². The molecule has 0 spiro atoms. The Kier molecular flexibility index (Phi) is 3.96. The van der Waals surface area contributed by atoms with Gasteiger partial charge >= 0.3 is 0 Å². The van der Waals surface area contributed by atoms with Gasteiger partial charge in [-0.3, -0.25) is 9.20 Å². The molecular weight excluding hydrogens is 328 g/mol. The van der Waals surface area contributed by atoms with Crippen LogP contribution >= 0.6 is 0 Å². The van der Waals surface area contributed by atoms with Gasteiger partial charge in [-0.1, -0.05) is 36.4 Å². The van der Waals surface area contributed by atoms with Gasteiger partial charge in [-0.15, -0.1) is 0 Å². The van der Waals surface area contributed by atoms with Crippen LogP contribution in [0.1, 0.15) is 18.5 Å². The number of nitrogens with zero attached hydrogens (tertiary/aromatic N) is 5. The first kappa shape index (κ1) is 16.0. The number of anilines is 1. The van der Waals surface area contributed by atoms with Gasteiger partial charge in [0, 0.05) is 11.8 Å². The van der Waals surface area contributed by atoms with Crippen LogP contribution in [0.15, 0.2) is 61.3 Å². The number of amides is 1. The van der Waals surface area contributed by atoms with E-state index < -0.39 is 6.04 Å². The van der Waals surface area contributed by atoms with E-state index in [2.05, 4.69) is 15.4 Å². The van der Waals surface area contributed by atoms with Crippen molar-refractivity contribution < 1.29 is 4.79 Å². The number of hydrogen-bond acceptors (Lipinski definition) is 4. The molecule has 0 bridgehead atoms. The number of benzene rings is 1. The van der Waals surface area contributed by atoms with Crippen molar-refractivity contribution in [3.05, 3.63) is 66.9 Å². The van der Waals surface area contributed by atoms with Crippen LogP contribution in [0.4, 0.5) is 5.82 Å². The number of carbonyl (C=O) groups is 1. The molecular formula is C19H18N6O. The molecule has 1 aromatic carbocycles. The Labute approximate surface area is 150 Å². The number of rotatable bonds is 4. The third-order valence-corrected chi connectivity index (χ3v) is 4.35. The van der Waals surface area contributed by atoms with Crippen LogP contribution in [0, 0.1) is 6.92 Å². The molecule has 0 unspecified atom stereocenters. The van der Waals surface area contributed by atoms with E-state index >= 15 is 0 Å². The van der Waals surface area contributed by atoms with E-state index in [0.29, 0.717) is 5.82 Å². The fourth-order valence-corrected chi connectivity index (χ4v) is 2.88. The van der Waals surface area contributed by atoms with E-state index in [4.69, 9.17) is 4.98 Å². The van der Waals surface area contributed by atoms with Gasteiger partial charge < -0.3 is 5.32 Å². The van der Waals surface area contributed by atoms with Crippen molar-refractivity contribution in [2.24, 2.45) is 0 Å². The predicted molar refractivity (Wildman–Crippen MR) is 98.7 cm³/mol. The fraction of sp³-hybridized carbons (Fsp3) is 0.158. The third-order valence-electron chi connectivity index (χ3n) is 4.35. The molecule has 0 saturated heterocycles. The van der Waals surface area contributed by atoms with Crippen LogP contribution in [0.3, 0.4) is 0 Å². The lowest BCUT2D eigenvalue weighted by Gasteiger charge is -2.13. The summed E-state index contributed by atoms with van der Waals surface area (Å²) in [6.07, 6.45) is 4.84. The highest BCUT2D eigenvalue weighted by atomic mass is 16.2. The number of hydrogen-bond donors (Lipinski definition) is 1. The smallest absolute Gasteiger partial charge is 0.250 e. The maximum Gasteiger partial charge on any atom is 0.250 e. The maximum atomic E-state index is 12.8. The summed E-state index contributed by atoms with van der Waals surface area (Å²) < 4.78 is 3.43. The topological polar surface area (TPSA) is 77.1 Å². The van der Waals surface area contributed by atoms with Gasteiger partial charge in [0.1, 0.15) is 35.9 Å². The van der Waals surface area contributed by atoms with Crippen LogP contribution < -0.4 is 5.32 Å². The standard InChI is InChI=1S/C19H18N6O/c1-13-7-6-10-24-17(13)22-16(15-8-4-3-5-9-15)18(24)23-19(26)14(2)25-12-20-11-21-25/h3-12,14H,1-2H3,(H,23,26)/t14-/m1/s1. The molecule has 26 heavy (non-hydrogen) atoms. The van der Waals surface area contributed by atoms with Gasteiger partial charge in [0.05, 0.1) is 0 Å². The maximum absolute atomic E-state index is 12.8. The lowest BCUT2D eigenvalue weighted by Crippen LogP contribution is -2.25. The van der Waals surface area contributed by atoms with Gasteiger partial charge in [-0.2, -0.15) is 5.10 Å². The minimum atomic E-state index is -0.489. The highest BCUT2D eigenvalue weighted by Gasteiger charge is 2.21. The van der Waals surface area contributed by atoms with Crippen molar-refractivity contribution in [2.45, 2.75) is 19.9 Å². The van der Waals surface area contributed by atoms with Gasteiger partial charge in [-0.05, 0) is 25.5 Å². The summed E-state index contributed by atoms with van der Waals surface area (Å²) in [4.78, 5) is 21.5. The SMILES string of the molecule is Cc1cccn2c(NC(=O)[C@@H](C)n3cncn3)c(-c3ccccc3)nc12. The number of carbonyl (C=O) groups excluding carboxylic acids is 1. The fourth-order valence-electron chi connectivity index (χ4n) is 2.88. The van der Waals surface area contributed by atoms with Crippen LogP contribution in [0.2, 0.25) is 0 Å². The molecule has 7 nitrogen and oxygen atoms in total. The number of aryl methyl sites for hydroxylation is 1. The van der Waals surface area contributed by atoms with Crippen LogP contribution in [-0.4, -0.2) is 30.1 Å². The Balaban J connectivity index is 1.80. The van der Waals surface area contributed by atoms with Crippen molar-refractivity contribution >= 4 is 17.4 Å². The van der Waals surface area contributed by atoms with Gasteiger partial charge in [0.25, 0.3) is 0 Å². The molecule has 1 atom stereocenters. The lowest BCUT2D eigenvalue weighted by molar-refractivity contribution is -0.119. The lowest BCUT2D eigenvalue weighted by atomic mass is 10.1. The van der Waals surface area contributed by atoms with Gasteiger partial charge in [-0.25, -0.2) is 14.6 Å². The highest BCUT2D eigenvalue weighted by molar-refractivity contribution is 5.96. The van der Waals surface area contributed by atoms with Crippen LogP contribution in [0.25, 0.3) is 16.9 Å².